The van der Waals surface area contributed by atoms with Crippen molar-refractivity contribution in [3.05, 3.63) is 18.2 Å². The zero-order chi connectivity index (χ0) is 19.6. The predicted molar refractivity (Wildman–Crippen MR) is 110 cm³/mol. The van der Waals surface area contributed by atoms with E-state index in [-0.39, 0.29) is 19.3 Å². The normalized spacial score (nSPS) is 25.5. The van der Waals surface area contributed by atoms with Gasteiger partial charge in [-0.1, -0.05) is 0 Å². The number of likely N-dealkylation sites (N-methyl/N-ethyl adjacent to an activating group) is 1. The Bertz CT molecular complexity index is 706. The van der Waals surface area contributed by atoms with Gasteiger partial charge in [-0.05, 0) is 43.6 Å². The Morgan fingerprint density at radius 3 is 2.89 bits per heavy atom. The highest BCUT2D eigenvalue weighted by molar-refractivity contribution is 8.00. The number of thioether (sulfide) groups is 1. The second kappa shape index (κ2) is 8.41. The number of ether oxygens (including phenoxy) is 3. The smallest absolute Gasteiger partial charge is 0.260 e. The minimum absolute atomic E-state index is 0.0704. The van der Waals surface area contributed by atoms with E-state index >= 15 is 0 Å². The zero-order valence-corrected chi connectivity index (χ0v) is 17.7. The molecule has 2 atom stereocenters. The van der Waals surface area contributed by atoms with Gasteiger partial charge in [0.25, 0.3) is 5.91 Å². The molecule has 3 aliphatic rings. The van der Waals surface area contributed by atoms with E-state index in [2.05, 4.69) is 19.0 Å². The van der Waals surface area contributed by atoms with Crippen molar-refractivity contribution in [3.63, 3.8) is 0 Å². The summed E-state index contributed by atoms with van der Waals surface area (Å²) in [5, 5.41) is 0.562. The molecule has 1 aromatic rings. The number of carbonyl (C=O) groups excluding carboxylic acids is 1. The lowest BCUT2D eigenvalue weighted by Gasteiger charge is -2.43. The predicted octanol–water partition coefficient (Wildman–Crippen LogP) is 2.76. The highest BCUT2D eigenvalue weighted by atomic mass is 32.2. The maximum Gasteiger partial charge on any atom is 0.260 e. The van der Waals surface area contributed by atoms with Gasteiger partial charge in [0.1, 0.15) is 5.75 Å². The van der Waals surface area contributed by atoms with Crippen LogP contribution in [0.4, 0.5) is 0 Å². The molecule has 0 bridgehead atoms. The molecule has 4 rings (SSSR count). The van der Waals surface area contributed by atoms with Gasteiger partial charge in [-0.15, -0.1) is 0 Å². The Hall–Kier alpha value is -1.60. The van der Waals surface area contributed by atoms with Gasteiger partial charge >= 0.3 is 0 Å². The summed E-state index contributed by atoms with van der Waals surface area (Å²) in [6.07, 6.45) is 4.73. The van der Waals surface area contributed by atoms with Crippen molar-refractivity contribution in [1.29, 1.82) is 0 Å². The summed E-state index contributed by atoms with van der Waals surface area (Å²) < 4.78 is 17.6. The van der Waals surface area contributed by atoms with Gasteiger partial charge < -0.3 is 23.6 Å². The van der Waals surface area contributed by atoms with Gasteiger partial charge in [-0.25, -0.2) is 0 Å². The highest BCUT2D eigenvalue weighted by Gasteiger charge is 2.35. The maximum atomic E-state index is 13.2. The molecule has 1 aromatic carbocycles. The van der Waals surface area contributed by atoms with Gasteiger partial charge in [-0.2, -0.15) is 11.8 Å². The topological polar surface area (TPSA) is 48.0 Å². The molecule has 154 valence electrons. The molecule has 2 fully saturated rings. The number of quaternary nitrogens is 1. The van der Waals surface area contributed by atoms with Crippen molar-refractivity contribution in [2.75, 3.05) is 52.9 Å². The molecule has 2 unspecified atom stereocenters. The summed E-state index contributed by atoms with van der Waals surface area (Å²) in [4.78, 5) is 15.3. The molecule has 1 amide bonds. The number of nitrogens with zero attached hydrogens (tertiary/aromatic N) is 2. The molecule has 28 heavy (non-hydrogen) atoms. The quantitative estimate of drug-likeness (QED) is 0.679. The second-order valence-corrected chi connectivity index (χ2v) is 10.0. The molecule has 3 aliphatic heterocycles. The van der Waals surface area contributed by atoms with Crippen molar-refractivity contribution < 1.29 is 23.5 Å². The molecule has 0 aromatic heterocycles. The van der Waals surface area contributed by atoms with Crippen LogP contribution in [0.1, 0.15) is 25.7 Å². The fraction of sp³-hybridized carbons (Fsp3) is 0.667. The Labute approximate surface area is 171 Å². The maximum absolute atomic E-state index is 13.2. The number of carbonyl (C=O) groups is 1. The molecule has 0 saturated carbocycles. The number of rotatable bonds is 6. The molecule has 7 heteroatoms. The van der Waals surface area contributed by atoms with E-state index in [4.69, 9.17) is 14.2 Å². The van der Waals surface area contributed by atoms with E-state index in [0.717, 1.165) is 29.7 Å². The van der Waals surface area contributed by atoms with Crippen LogP contribution in [-0.2, 0) is 4.79 Å². The molecule has 0 N–H and O–H groups in total. The molecule has 0 radical (unpaired) electrons. The largest absolute Gasteiger partial charge is 0.484 e. The SMILES string of the molecule is C[N+]1(C)CCCC(N(CC2CCCS2)C(=O)COc2ccc3c(c2)OCO3)C1. The Balaban J connectivity index is 1.41. The van der Waals surface area contributed by atoms with Crippen molar-refractivity contribution in [2.24, 2.45) is 0 Å². The Kier molecular flexibility index (Phi) is 5.92. The van der Waals surface area contributed by atoms with Crippen LogP contribution in [0.5, 0.6) is 17.2 Å². The van der Waals surface area contributed by atoms with E-state index in [1.54, 1.807) is 6.07 Å². The van der Waals surface area contributed by atoms with Crippen molar-refractivity contribution in [2.45, 2.75) is 37.0 Å². The van der Waals surface area contributed by atoms with Crippen LogP contribution in [0.3, 0.4) is 0 Å². The molecule has 3 heterocycles. The minimum Gasteiger partial charge on any atom is -0.484 e. The Morgan fingerprint density at radius 2 is 2.11 bits per heavy atom. The van der Waals surface area contributed by atoms with E-state index < -0.39 is 0 Å². The first-order chi connectivity index (χ1) is 13.5. The average Bonchev–Trinajstić information content (AvgIpc) is 3.34. The van der Waals surface area contributed by atoms with E-state index in [9.17, 15) is 4.79 Å². The first-order valence-electron chi connectivity index (χ1n) is 10.3. The number of likely N-dealkylation sites (tertiary alicyclic amines) is 1. The zero-order valence-electron chi connectivity index (χ0n) is 16.9. The van der Waals surface area contributed by atoms with Gasteiger partial charge in [-0.3, -0.25) is 4.79 Å². The summed E-state index contributed by atoms with van der Waals surface area (Å²) in [7, 11) is 4.53. The standard InChI is InChI=1S/C21H31N2O4S/c1-23(2)9-3-5-16(13-23)22(12-18-6-4-10-28-18)21(24)14-25-17-7-8-19-20(11-17)27-15-26-19/h7-8,11,16,18H,3-6,9-10,12-15H2,1-2H3/q+1. The highest BCUT2D eigenvalue weighted by Crippen LogP contribution is 2.35. The number of hydrogen-bond donors (Lipinski definition) is 0. The molecule has 2 saturated heterocycles. The van der Waals surface area contributed by atoms with Crippen LogP contribution in [-0.4, -0.2) is 79.5 Å². The number of amides is 1. The van der Waals surface area contributed by atoms with Crippen molar-refractivity contribution in [1.82, 2.24) is 4.90 Å². The number of hydrogen-bond acceptors (Lipinski definition) is 5. The van der Waals surface area contributed by atoms with E-state index in [0.29, 0.717) is 22.8 Å². The lowest BCUT2D eigenvalue weighted by molar-refractivity contribution is -0.896. The first-order valence-corrected chi connectivity index (χ1v) is 11.3. The van der Waals surface area contributed by atoms with E-state index in [1.807, 2.05) is 23.9 Å². The Morgan fingerprint density at radius 1 is 1.25 bits per heavy atom. The van der Waals surface area contributed by atoms with Gasteiger partial charge in [0.15, 0.2) is 18.1 Å². The lowest BCUT2D eigenvalue weighted by Crippen LogP contribution is -2.57. The monoisotopic (exact) mass is 407 g/mol. The average molecular weight is 408 g/mol. The lowest BCUT2D eigenvalue weighted by atomic mass is 10.0. The van der Waals surface area contributed by atoms with Crippen LogP contribution in [0.25, 0.3) is 0 Å². The minimum atomic E-state index is 0.0704. The van der Waals surface area contributed by atoms with Crippen LogP contribution in [0, 0.1) is 0 Å². The van der Waals surface area contributed by atoms with Crippen molar-refractivity contribution in [3.8, 4) is 17.2 Å². The van der Waals surface area contributed by atoms with Crippen LogP contribution < -0.4 is 14.2 Å². The third kappa shape index (κ3) is 4.69. The molecular formula is C21H31N2O4S+. The van der Waals surface area contributed by atoms with Gasteiger partial charge in [0, 0.05) is 17.9 Å². The summed E-state index contributed by atoms with van der Waals surface area (Å²) in [6, 6.07) is 5.76. The van der Waals surface area contributed by atoms with E-state index in [1.165, 1.54) is 31.6 Å². The number of piperidine rings is 1. The number of fused-ring (bicyclic) bond motifs is 1. The molecular weight excluding hydrogens is 376 g/mol. The van der Waals surface area contributed by atoms with Gasteiger partial charge in [0.2, 0.25) is 6.79 Å². The second-order valence-electron chi connectivity index (χ2n) is 8.62. The first kappa shape index (κ1) is 19.7. The molecule has 6 nitrogen and oxygen atoms in total. The summed E-state index contributed by atoms with van der Waals surface area (Å²) in [5.41, 5.74) is 0. The van der Waals surface area contributed by atoms with Crippen LogP contribution >= 0.6 is 11.8 Å². The molecule has 0 aliphatic carbocycles. The van der Waals surface area contributed by atoms with Crippen LogP contribution in [0.2, 0.25) is 0 Å². The number of benzene rings is 1. The summed E-state index contributed by atoms with van der Waals surface area (Å²) >= 11 is 2.01. The van der Waals surface area contributed by atoms with Crippen LogP contribution in [0.15, 0.2) is 18.2 Å². The van der Waals surface area contributed by atoms with Crippen molar-refractivity contribution >= 4 is 17.7 Å². The summed E-state index contributed by atoms with van der Waals surface area (Å²) in [6.45, 7) is 3.36. The third-order valence-electron chi connectivity index (χ3n) is 5.90. The fourth-order valence-electron chi connectivity index (χ4n) is 4.42. The summed E-state index contributed by atoms with van der Waals surface area (Å²) in [5.74, 6) is 3.35. The third-order valence-corrected chi connectivity index (χ3v) is 7.28. The fourth-order valence-corrected chi connectivity index (χ4v) is 5.69. The van der Waals surface area contributed by atoms with Gasteiger partial charge in [0.05, 0.1) is 33.2 Å². The molecule has 0 spiro atoms.